The molecule has 134 valence electrons. The van der Waals surface area contributed by atoms with Gasteiger partial charge in [-0.1, -0.05) is 18.2 Å². The molecule has 0 amide bonds. The second kappa shape index (κ2) is 7.09. The average molecular weight is 354 g/mol. The van der Waals surface area contributed by atoms with Crippen molar-refractivity contribution in [3.05, 3.63) is 35.8 Å². The highest BCUT2D eigenvalue weighted by atomic mass is 32.2. The molecule has 2 aliphatic heterocycles. The second-order valence-corrected chi connectivity index (χ2v) is 8.30. The number of sulfonamides is 1. The van der Waals surface area contributed by atoms with Crippen molar-refractivity contribution < 1.29 is 17.9 Å². The highest BCUT2D eigenvalue weighted by molar-refractivity contribution is 7.93. The molecule has 1 atom stereocenters. The summed E-state index contributed by atoms with van der Waals surface area (Å²) in [5, 5.41) is 0. The number of likely N-dealkylation sites (tertiary alicyclic amines) is 1. The van der Waals surface area contributed by atoms with Crippen LogP contribution < -0.4 is 0 Å². The first-order chi connectivity index (χ1) is 11.5. The Bertz CT molecular complexity index is 633. The van der Waals surface area contributed by atoms with Crippen LogP contribution in [0.5, 0.6) is 0 Å². The van der Waals surface area contributed by atoms with Crippen LogP contribution >= 0.6 is 0 Å². The van der Waals surface area contributed by atoms with Crippen LogP contribution in [0.4, 0.5) is 0 Å². The third-order valence-electron chi connectivity index (χ3n) is 5.06. The molecule has 0 aromatic rings. The quantitative estimate of drug-likeness (QED) is 0.700. The molecule has 6 nitrogen and oxygen atoms in total. The molecule has 3 aliphatic rings. The van der Waals surface area contributed by atoms with Crippen LogP contribution in [0.2, 0.25) is 0 Å². The fraction of sp³-hybridized carbons (Fsp3) is 0.647. The number of piperidine rings is 1. The lowest BCUT2D eigenvalue weighted by atomic mass is 10.0. The summed E-state index contributed by atoms with van der Waals surface area (Å²) in [5.41, 5.74) is -0.691. The lowest BCUT2D eigenvalue weighted by molar-refractivity contribution is -0.0888. The van der Waals surface area contributed by atoms with E-state index in [4.69, 9.17) is 9.47 Å². The summed E-state index contributed by atoms with van der Waals surface area (Å²) < 4.78 is 39.0. The Balaban J connectivity index is 1.77. The van der Waals surface area contributed by atoms with Gasteiger partial charge in [-0.3, -0.25) is 4.90 Å². The van der Waals surface area contributed by atoms with E-state index in [0.29, 0.717) is 37.3 Å². The Morgan fingerprint density at radius 2 is 2.17 bits per heavy atom. The smallest absolute Gasteiger partial charge is 0.245 e. The lowest BCUT2D eigenvalue weighted by Crippen LogP contribution is -2.54. The summed E-state index contributed by atoms with van der Waals surface area (Å²) in [6.07, 6.45) is 9.02. The van der Waals surface area contributed by atoms with Crippen molar-refractivity contribution in [2.24, 2.45) is 0 Å². The molecule has 0 aromatic carbocycles. The zero-order valence-electron chi connectivity index (χ0n) is 14.2. The molecule has 1 aliphatic carbocycles. The minimum atomic E-state index is -3.54. The summed E-state index contributed by atoms with van der Waals surface area (Å²) in [5.74, 6) is 0. The van der Waals surface area contributed by atoms with E-state index in [9.17, 15) is 8.42 Å². The molecule has 1 spiro atoms. The zero-order chi connectivity index (χ0) is 17.2. The van der Waals surface area contributed by atoms with E-state index < -0.39 is 15.7 Å². The molecule has 24 heavy (non-hydrogen) atoms. The number of methoxy groups -OCH3 is 1. The summed E-state index contributed by atoms with van der Waals surface area (Å²) in [4.78, 5) is 2.63. The van der Waals surface area contributed by atoms with E-state index in [0.717, 1.165) is 19.6 Å². The molecule has 0 aromatic heterocycles. The van der Waals surface area contributed by atoms with Gasteiger partial charge in [-0.2, -0.15) is 4.31 Å². The molecule has 0 N–H and O–H groups in total. The molecule has 7 heteroatoms. The summed E-state index contributed by atoms with van der Waals surface area (Å²) in [6.45, 7) is 7.11. The SMILES string of the molecule is C=CCN1CCC2(CC1)OCCN2S(=O)(=O)C1=CCC(OC)C=C1. The summed E-state index contributed by atoms with van der Waals surface area (Å²) in [7, 11) is -1.92. The highest BCUT2D eigenvalue weighted by Crippen LogP contribution is 2.38. The van der Waals surface area contributed by atoms with Crippen LogP contribution in [-0.2, 0) is 19.5 Å². The fourth-order valence-corrected chi connectivity index (χ4v) is 5.47. The molecule has 3 rings (SSSR count). The van der Waals surface area contributed by atoms with E-state index in [1.807, 2.05) is 12.2 Å². The molecular formula is C17H26N2O4S. The van der Waals surface area contributed by atoms with Crippen molar-refractivity contribution >= 4 is 10.0 Å². The van der Waals surface area contributed by atoms with E-state index in [-0.39, 0.29) is 6.10 Å². The maximum Gasteiger partial charge on any atom is 0.245 e. The van der Waals surface area contributed by atoms with Crippen LogP contribution in [0.15, 0.2) is 35.8 Å². The number of hydrogen-bond donors (Lipinski definition) is 0. The van der Waals surface area contributed by atoms with Crippen LogP contribution in [0.3, 0.4) is 0 Å². The van der Waals surface area contributed by atoms with Gasteiger partial charge in [0.2, 0.25) is 10.0 Å². The summed E-state index contributed by atoms with van der Waals surface area (Å²) >= 11 is 0. The maximum absolute atomic E-state index is 13.1. The number of rotatable bonds is 5. The molecule has 2 heterocycles. The van der Waals surface area contributed by atoms with Gasteiger partial charge < -0.3 is 9.47 Å². The number of nitrogens with zero attached hydrogens (tertiary/aromatic N) is 2. The van der Waals surface area contributed by atoms with Crippen molar-refractivity contribution in [3.8, 4) is 0 Å². The molecular weight excluding hydrogens is 328 g/mol. The Morgan fingerprint density at radius 1 is 1.42 bits per heavy atom. The van der Waals surface area contributed by atoms with Gasteiger partial charge in [0.05, 0.1) is 17.6 Å². The van der Waals surface area contributed by atoms with Crippen molar-refractivity contribution in [2.75, 3.05) is 39.9 Å². The monoisotopic (exact) mass is 354 g/mol. The van der Waals surface area contributed by atoms with Crippen molar-refractivity contribution in [1.29, 1.82) is 0 Å². The van der Waals surface area contributed by atoms with E-state index in [2.05, 4.69) is 11.5 Å². The van der Waals surface area contributed by atoms with Gasteiger partial charge in [0.1, 0.15) is 5.72 Å². The fourth-order valence-electron chi connectivity index (χ4n) is 3.67. The maximum atomic E-state index is 13.1. The molecule has 0 bridgehead atoms. The predicted octanol–water partition coefficient (Wildman–Crippen LogP) is 1.49. The Labute approximate surface area is 144 Å². The van der Waals surface area contributed by atoms with Gasteiger partial charge in [0.15, 0.2) is 0 Å². The van der Waals surface area contributed by atoms with E-state index in [1.165, 1.54) is 0 Å². The van der Waals surface area contributed by atoms with Crippen molar-refractivity contribution in [3.63, 3.8) is 0 Å². The third kappa shape index (κ3) is 3.23. The minimum Gasteiger partial charge on any atom is -0.377 e. The summed E-state index contributed by atoms with van der Waals surface area (Å²) in [6, 6.07) is 0. The molecule has 0 saturated carbocycles. The predicted molar refractivity (Wildman–Crippen MR) is 92.8 cm³/mol. The Morgan fingerprint density at radius 3 is 2.75 bits per heavy atom. The number of ether oxygens (including phenoxy) is 2. The second-order valence-electron chi connectivity index (χ2n) is 6.44. The third-order valence-corrected chi connectivity index (χ3v) is 7.06. The zero-order valence-corrected chi connectivity index (χ0v) is 15.0. The van der Waals surface area contributed by atoms with E-state index >= 15 is 0 Å². The van der Waals surface area contributed by atoms with Gasteiger partial charge in [-0.05, 0) is 12.5 Å². The largest absolute Gasteiger partial charge is 0.377 e. The minimum absolute atomic E-state index is 0.0464. The van der Waals surface area contributed by atoms with Gasteiger partial charge >= 0.3 is 0 Å². The Hall–Kier alpha value is -0.990. The lowest BCUT2D eigenvalue weighted by Gasteiger charge is -2.42. The van der Waals surface area contributed by atoms with Crippen molar-refractivity contribution in [1.82, 2.24) is 9.21 Å². The topological polar surface area (TPSA) is 59.1 Å². The normalized spacial score (nSPS) is 28.2. The average Bonchev–Trinajstić information content (AvgIpc) is 3.01. The van der Waals surface area contributed by atoms with E-state index in [1.54, 1.807) is 23.6 Å². The highest BCUT2D eigenvalue weighted by Gasteiger charge is 2.50. The molecule has 0 radical (unpaired) electrons. The first-order valence-corrected chi connectivity index (χ1v) is 9.87. The van der Waals surface area contributed by atoms with Gasteiger partial charge in [0.25, 0.3) is 0 Å². The number of hydrogen-bond acceptors (Lipinski definition) is 5. The van der Waals surface area contributed by atoms with Crippen LogP contribution in [-0.4, -0.2) is 69.3 Å². The van der Waals surface area contributed by atoms with Crippen LogP contribution in [0.25, 0.3) is 0 Å². The van der Waals surface area contributed by atoms with Gasteiger partial charge in [0, 0.05) is 46.1 Å². The van der Waals surface area contributed by atoms with Crippen LogP contribution in [0.1, 0.15) is 19.3 Å². The first-order valence-electron chi connectivity index (χ1n) is 8.43. The van der Waals surface area contributed by atoms with Gasteiger partial charge in [-0.25, -0.2) is 8.42 Å². The standard InChI is InChI=1S/C17H26N2O4S/c1-3-10-18-11-8-17(9-12-18)19(13-14-23-17)24(20,21)16-6-4-15(22-2)5-7-16/h3-4,6-7,15H,1,5,8-14H2,2H3. The molecule has 2 saturated heterocycles. The van der Waals surface area contributed by atoms with Crippen LogP contribution in [0, 0.1) is 0 Å². The van der Waals surface area contributed by atoms with Gasteiger partial charge in [-0.15, -0.1) is 6.58 Å². The molecule has 2 fully saturated rings. The van der Waals surface area contributed by atoms with Crippen molar-refractivity contribution in [2.45, 2.75) is 31.1 Å². The molecule has 1 unspecified atom stereocenters. The Kier molecular flexibility index (Phi) is 5.27. The number of allylic oxidation sites excluding steroid dienone is 1. The first kappa shape index (κ1) is 17.8.